The molecule has 0 bridgehead atoms. The Kier molecular flexibility index (Phi) is 7.47. The van der Waals surface area contributed by atoms with E-state index in [4.69, 9.17) is 0 Å². The summed E-state index contributed by atoms with van der Waals surface area (Å²) < 4.78 is 0. The van der Waals surface area contributed by atoms with Crippen LogP contribution >= 0.6 is 0 Å². The highest BCUT2D eigenvalue weighted by Gasteiger charge is 1.93. The Morgan fingerprint density at radius 1 is 1.18 bits per heavy atom. The Morgan fingerprint density at radius 3 is 2.27 bits per heavy atom. The summed E-state index contributed by atoms with van der Waals surface area (Å²) in [5.41, 5.74) is 0. The minimum absolute atomic E-state index is 0.868. The van der Waals surface area contributed by atoms with Crippen LogP contribution in [0.1, 0.15) is 33.6 Å². The van der Waals surface area contributed by atoms with Crippen molar-refractivity contribution in [1.29, 1.82) is 0 Å². The maximum Gasteiger partial charge on any atom is 0.0905 e. The standard InChI is InChI=1S/C9H20N2/c1-4-7-8-10-9-11(5-2)6-3/h8H,4-7,9H2,1-3H3. The highest BCUT2D eigenvalue weighted by molar-refractivity contribution is 5.56. The summed E-state index contributed by atoms with van der Waals surface area (Å²) in [6.45, 7) is 9.56. The van der Waals surface area contributed by atoms with E-state index in [1.807, 2.05) is 6.21 Å². The van der Waals surface area contributed by atoms with E-state index >= 15 is 0 Å². The molecule has 0 aromatic carbocycles. The Hall–Kier alpha value is -0.370. The van der Waals surface area contributed by atoms with Crippen LogP contribution in [0.3, 0.4) is 0 Å². The molecule has 0 aromatic rings. The van der Waals surface area contributed by atoms with Crippen molar-refractivity contribution in [3.63, 3.8) is 0 Å². The summed E-state index contributed by atoms with van der Waals surface area (Å²) in [5, 5.41) is 0. The molecule has 0 atom stereocenters. The summed E-state index contributed by atoms with van der Waals surface area (Å²) in [5.74, 6) is 0. The van der Waals surface area contributed by atoms with Crippen molar-refractivity contribution in [2.24, 2.45) is 4.99 Å². The smallest absolute Gasteiger partial charge is 0.0905 e. The van der Waals surface area contributed by atoms with Crippen LogP contribution in [0.5, 0.6) is 0 Å². The highest BCUT2D eigenvalue weighted by Crippen LogP contribution is 1.87. The molecule has 0 heterocycles. The molecule has 0 aromatic heterocycles. The molecule has 0 rings (SSSR count). The van der Waals surface area contributed by atoms with Gasteiger partial charge in [0.05, 0.1) is 6.67 Å². The number of nitrogens with zero attached hydrogens (tertiary/aromatic N) is 2. The van der Waals surface area contributed by atoms with Crippen molar-refractivity contribution < 1.29 is 0 Å². The topological polar surface area (TPSA) is 15.6 Å². The lowest BCUT2D eigenvalue weighted by Crippen LogP contribution is -2.22. The fourth-order valence-corrected chi connectivity index (χ4v) is 0.817. The molecule has 0 amide bonds. The molecule has 0 saturated carbocycles. The van der Waals surface area contributed by atoms with Gasteiger partial charge in [-0.05, 0) is 19.5 Å². The van der Waals surface area contributed by atoms with E-state index < -0.39 is 0 Å². The van der Waals surface area contributed by atoms with Crippen molar-refractivity contribution in [2.75, 3.05) is 19.8 Å². The Morgan fingerprint density at radius 2 is 1.82 bits per heavy atom. The zero-order valence-electron chi connectivity index (χ0n) is 8.01. The second-order valence-corrected chi connectivity index (χ2v) is 2.60. The molecule has 0 spiro atoms. The van der Waals surface area contributed by atoms with Crippen LogP contribution in [0.25, 0.3) is 0 Å². The summed E-state index contributed by atoms with van der Waals surface area (Å²) in [4.78, 5) is 6.60. The fraction of sp³-hybridized carbons (Fsp3) is 0.889. The quantitative estimate of drug-likeness (QED) is 0.538. The lowest BCUT2D eigenvalue weighted by atomic mass is 10.4. The van der Waals surface area contributed by atoms with Crippen LogP contribution < -0.4 is 0 Å². The Bertz CT molecular complexity index is 95.7. The minimum Gasteiger partial charge on any atom is -0.285 e. The normalized spacial score (nSPS) is 11.6. The van der Waals surface area contributed by atoms with E-state index in [9.17, 15) is 0 Å². The summed E-state index contributed by atoms with van der Waals surface area (Å²) in [7, 11) is 0. The first-order chi connectivity index (χ1) is 5.35. The highest BCUT2D eigenvalue weighted by atomic mass is 15.2. The van der Waals surface area contributed by atoms with Gasteiger partial charge < -0.3 is 0 Å². The molecule has 66 valence electrons. The van der Waals surface area contributed by atoms with E-state index in [-0.39, 0.29) is 0 Å². The minimum atomic E-state index is 0.868. The van der Waals surface area contributed by atoms with Gasteiger partial charge in [-0.15, -0.1) is 0 Å². The maximum absolute atomic E-state index is 4.30. The predicted molar refractivity (Wildman–Crippen MR) is 51.2 cm³/mol. The Balaban J connectivity index is 3.33. The van der Waals surface area contributed by atoms with E-state index in [2.05, 4.69) is 30.7 Å². The molecule has 2 nitrogen and oxygen atoms in total. The molecule has 0 N–H and O–H groups in total. The van der Waals surface area contributed by atoms with Gasteiger partial charge >= 0.3 is 0 Å². The summed E-state index contributed by atoms with van der Waals surface area (Å²) in [6.07, 6.45) is 4.33. The van der Waals surface area contributed by atoms with E-state index in [1.54, 1.807) is 0 Å². The molecule has 0 aliphatic carbocycles. The van der Waals surface area contributed by atoms with E-state index in [0.29, 0.717) is 0 Å². The van der Waals surface area contributed by atoms with Crippen molar-refractivity contribution in [3.05, 3.63) is 0 Å². The predicted octanol–water partition coefficient (Wildman–Crippen LogP) is 2.16. The number of hydrogen-bond acceptors (Lipinski definition) is 2. The van der Waals surface area contributed by atoms with Crippen LogP contribution in [0, 0.1) is 0 Å². The van der Waals surface area contributed by atoms with E-state index in [0.717, 1.165) is 26.2 Å². The Labute approximate surface area is 70.3 Å². The van der Waals surface area contributed by atoms with Gasteiger partial charge in [0.25, 0.3) is 0 Å². The maximum atomic E-state index is 4.30. The van der Waals surface area contributed by atoms with Gasteiger partial charge in [0, 0.05) is 6.21 Å². The van der Waals surface area contributed by atoms with Gasteiger partial charge in [-0.3, -0.25) is 9.89 Å². The average molecular weight is 156 g/mol. The van der Waals surface area contributed by atoms with Crippen LogP contribution in [-0.2, 0) is 0 Å². The third kappa shape index (κ3) is 6.05. The SMILES string of the molecule is CCCC=NCN(CC)CC. The average Bonchev–Trinajstić information content (AvgIpc) is 2.05. The zero-order chi connectivity index (χ0) is 8.53. The van der Waals surface area contributed by atoms with Gasteiger partial charge in [0.2, 0.25) is 0 Å². The number of unbranched alkanes of at least 4 members (excludes halogenated alkanes) is 1. The largest absolute Gasteiger partial charge is 0.285 e. The van der Waals surface area contributed by atoms with Crippen LogP contribution in [0.2, 0.25) is 0 Å². The molecule has 0 aliphatic rings. The molecule has 0 saturated heterocycles. The lowest BCUT2D eigenvalue weighted by Gasteiger charge is -2.13. The first-order valence-corrected chi connectivity index (χ1v) is 4.55. The van der Waals surface area contributed by atoms with Gasteiger partial charge in [0.1, 0.15) is 0 Å². The first-order valence-electron chi connectivity index (χ1n) is 4.55. The number of rotatable bonds is 6. The van der Waals surface area contributed by atoms with Gasteiger partial charge in [-0.1, -0.05) is 27.2 Å². The van der Waals surface area contributed by atoms with Crippen LogP contribution in [-0.4, -0.2) is 30.9 Å². The molecular weight excluding hydrogens is 136 g/mol. The molecular formula is C9H20N2. The van der Waals surface area contributed by atoms with Crippen molar-refractivity contribution in [3.8, 4) is 0 Å². The monoisotopic (exact) mass is 156 g/mol. The van der Waals surface area contributed by atoms with Crippen LogP contribution in [0.15, 0.2) is 4.99 Å². The second kappa shape index (κ2) is 7.73. The summed E-state index contributed by atoms with van der Waals surface area (Å²) >= 11 is 0. The fourth-order valence-electron chi connectivity index (χ4n) is 0.817. The van der Waals surface area contributed by atoms with Crippen molar-refractivity contribution >= 4 is 6.21 Å². The first kappa shape index (κ1) is 10.6. The number of hydrogen-bond donors (Lipinski definition) is 0. The molecule has 11 heavy (non-hydrogen) atoms. The number of aliphatic imine (C=N–C) groups is 1. The van der Waals surface area contributed by atoms with Crippen molar-refractivity contribution in [2.45, 2.75) is 33.6 Å². The molecule has 0 radical (unpaired) electrons. The third-order valence-electron chi connectivity index (χ3n) is 1.72. The van der Waals surface area contributed by atoms with E-state index in [1.165, 1.54) is 6.42 Å². The molecule has 0 fully saturated rings. The second-order valence-electron chi connectivity index (χ2n) is 2.60. The summed E-state index contributed by atoms with van der Waals surface area (Å²) in [6, 6.07) is 0. The van der Waals surface area contributed by atoms with Gasteiger partial charge in [-0.25, -0.2) is 0 Å². The molecule has 0 aliphatic heterocycles. The lowest BCUT2D eigenvalue weighted by molar-refractivity contribution is 0.315. The van der Waals surface area contributed by atoms with Gasteiger partial charge in [0.15, 0.2) is 0 Å². The van der Waals surface area contributed by atoms with Gasteiger partial charge in [-0.2, -0.15) is 0 Å². The van der Waals surface area contributed by atoms with Crippen molar-refractivity contribution in [1.82, 2.24) is 4.90 Å². The molecule has 2 heteroatoms. The van der Waals surface area contributed by atoms with Crippen LogP contribution in [0.4, 0.5) is 0 Å². The molecule has 0 unspecified atom stereocenters. The third-order valence-corrected chi connectivity index (χ3v) is 1.72. The zero-order valence-corrected chi connectivity index (χ0v) is 8.01.